The van der Waals surface area contributed by atoms with Gasteiger partial charge in [-0.25, -0.2) is 4.79 Å². The van der Waals surface area contributed by atoms with E-state index in [0.717, 1.165) is 31.2 Å². The first-order valence-corrected chi connectivity index (χ1v) is 8.67. The van der Waals surface area contributed by atoms with Crippen molar-refractivity contribution in [1.29, 1.82) is 0 Å². The van der Waals surface area contributed by atoms with E-state index < -0.39 is 12.0 Å². The fraction of sp³-hybridized carbons (Fsp3) is 0.579. The van der Waals surface area contributed by atoms with Crippen LogP contribution >= 0.6 is 0 Å². The maximum atomic E-state index is 12.6. The average molecular weight is 331 g/mol. The van der Waals surface area contributed by atoms with Gasteiger partial charge in [0.25, 0.3) is 0 Å². The lowest BCUT2D eigenvalue weighted by Crippen LogP contribution is -2.67. The smallest absolute Gasteiger partial charge is 0.328 e. The minimum atomic E-state index is -0.990. The molecule has 1 aliphatic heterocycles. The molecular weight excluding hydrogens is 306 g/mol. The number of carboxylic acid groups (broad SMARTS) is 1. The molecule has 0 bridgehead atoms. The fourth-order valence-corrected chi connectivity index (χ4v) is 3.77. The molecule has 0 radical (unpaired) electrons. The summed E-state index contributed by atoms with van der Waals surface area (Å²) in [5.74, 6) is -0.317. The Morgan fingerprint density at radius 1 is 1.33 bits per heavy atom. The number of aliphatic carboxylic acids is 1. The Balaban J connectivity index is 1.55. The van der Waals surface area contributed by atoms with Gasteiger partial charge in [-0.1, -0.05) is 37.3 Å². The van der Waals surface area contributed by atoms with Crippen LogP contribution in [0, 0.1) is 11.3 Å². The van der Waals surface area contributed by atoms with Gasteiger partial charge >= 0.3 is 5.97 Å². The lowest BCUT2D eigenvalue weighted by atomic mass is 9.65. The van der Waals surface area contributed by atoms with Crippen LogP contribution in [0.15, 0.2) is 30.3 Å². The summed E-state index contributed by atoms with van der Waals surface area (Å²) in [6, 6.07) is 8.74. The molecule has 2 fully saturated rings. The van der Waals surface area contributed by atoms with Crippen molar-refractivity contribution in [3.8, 4) is 0 Å². The standard InChI is InChI=1S/C19H25NO4/c1-14-7-9-19(10-8-14)13-20(18(19)23)16(17(21)22)12-24-11-15-5-3-2-4-6-15/h2-6,14,16H,7-13H2,1H3,(H,21,22)/t14?,16-,19?/m0/s1. The zero-order valence-electron chi connectivity index (χ0n) is 14.1. The first-order valence-electron chi connectivity index (χ1n) is 8.67. The van der Waals surface area contributed by atoms with Crippen molar-refractivity contribution in [2.75, 3.05) is 13.2 Å². The molecule has 1 aromatic rings. The van der Waals surface area contributed by atoms with Crippen molar-refractivity contribution in [1.82, 2.24) is 4.90 Å². The highest BCUT2D eigenvalue weighted by molar-refractivity contribution is 5.92. The number of hydrogen-bond donors (Lipinski definition) is 1. The molecule has 0 unspecified atom stereocenters. The van der Waals surface area contributed by atoms with E-state index in [9.17, 15) is 14.7 Å². The summed E-state index contributed by atoms with van der Waals surface area (Å²) in [7, 11) is 0. The maximum Gasteiger partial charge on any atom is 0.328 e. The molecule has 1 heterocycles. The summed E-state index contributed by atoms with van der Waals surface area (Å²) in [5.41, 5.74) is 0.703. The molecule has 24 heavy (non-hydrogen) atoms. The highest BCUT2D eigenvalue weighted by atomic mass is 16.5. The van der Waals surface area contributed by atoms with Gasteiger partial charge in [-0.05, 0) is 37.2 Å². The lowest BCUT2D eigenvalue weighted by Gasteiger charge is -2.53. The van der Waals surface area contributed by atoms with Crippen LogP contribution < -0.4 is 0 Å². The zero-order chi connectivity index (χ0) is 17.2. The third-order valence-corrected chi connectivity index (χ3v) is 5.47. The average Bonchev–Trinajstić information content (AvgIpc) is 2.59. The molecule has 1 aromatic carbocycles. The molecule has 1 N–H and O–H groups in total. The van der Waals surface area contributed by atoms with Crippen LogP contribution in [0.2, 0.25) is 0 Å². The Labute approximate surface area is 142 Å². The fourth-order valence-electron chi connectivity index (χ4n) is 3.77. The van der Waals surface area contributed by atoms with Crippen molar-refractivity contribution in [2.45, 2.75) is 45.3 Å². The number of β-lactam (4-membered cyclic amide) rings is 1. The topological polar surface area (TPSA) is 66.8 Å². The Hall–Kier alpha value is -1.88. The first-order chi connectivity index (χ1) is 11.5. The summed E-state index contributed by atoms with van der Waals surface area (Å²) >= 11 is 0. The van der Waals surface area contributed by atoms with Gasteiger partial charge in [0.05, 0.1) is 18.6 Å². The molecule has 3 rings (SSSR count). The largest absolute Gasteiger partial charge is 0.480 e. The van der Waals surface area contributed by atoms with Gasteiger partial charge in [0.2, 0.25) is 5.91 Å². The van der Waals surface area contributed by atoms with Crippen LogP contribution in [-0.4, -0.2) is 41.1 Å². The predicted molar refractivity (Wildman–Crippen MR) is 89.3 cm³/mol. The summed E-state index contributed by atoms with van der Waals surface area (Å²) in [5, 5.41) is 9.48. The number of amides is 1. The Kier molecular flexibility index (Phi) is 4.90. The van der Waals surface area contributed by atoms with Crippen molar-refractivity contribution < 1.29 is 19.4 Å². The molecular formula is C19H25NO4. The number of benzene rings is 1. The Morgan fingerprint density at radius 3 is 2.58 bits per heavy atom. The number of rotatable bonds is 6. The summed E-state index contributed by atoms with van der Waals surface area (Å²) in [6.07, 6.45) is 3.89. The van der Waals surface area contributed by atoms with E-state index >= 15 is 0 Å². The molecule has 2 aliphatic rings. The lowest BCUT2D eigenvalue weighted by molar-refractivity contribution is -0.178. The van der Waals surface area contributed by atoms with E-state index in [4.69, 9.17) is 4.74 Å². The highest BCUT2D eigenvalue weighted by Gasteiger charge is 2.55. The van der Waals surface area contributed by atoms with E-state index in [2.05, 4.69) is 6.92 Å². The second-order valence-corrected chi connectivity index (χ2v) is 7.25. The van der Waals surface area contributed by atoms with E-state index in [1.165, 1.54) is 4.90 Å². The van der Waals surface area contributed by atoms with Crippen LogP contribution in [0.3, 0.4) is 0 Å². The van der Waals surface area contributed by atoms with E-state index in [1.807, 2.05) is 30.3 Å². The molecule has 0 aromatic heterocycles. The second kappa shape index (κ2) is 6.93. The number of carboxylic acids is 1. The third kappa shape index (κ3) is 3.31. The van der Waals surface area contributed by atoms with Gasteiger partial charge in [0.1, 0.15) is 0 Å². The molecule has 1 atom stereocenters. The van der Waals surface area contributed by atoms with Crippen molar-refractivity contribution in [3.63, 3.8) is 0 Å². The van der Waals surface area contributed by atoms with Gasteiger partial charge < -0.3 is 14.7 Å². The molecule has 5 nitrogen and oxygen atoms in total. The number of nitrogens with zero attached hydrogens (tertiary/aromatic N) is 1. The van der Waals surface area contributed by atoms with Crippen LogP contribution in [0.25, 0.3) is 0 Å². The van der Waals surface area contributed by atoms with Gasteiger partial charge in [-0.3, -0.25) is 4.79 Å². The minimum Gasteiger partial charge on any atom is -0.480 e. The Morgan fingerprint density at radius 2 is 2.00 bits per heavy atom. The zero-order valence-corrected chi connectivity index (χ0v) is 14.1. The third-order valence-electron chi connectivity index (χ3n) is 5.47. The molecule has 1 saturated carbocycles. The second-order valence-electron chi connectivity index (χ2n) is 7.25. The quantitative estimate of drug-likeness (QED) is 0.814. The van der Waals surface area contributed by atoms with Crippen LogP contribution in [0.4, 0.5) is 0 Å². The number of likely N-dealkylation sites (tertiary alicyclic amines) is 1. The predicted octanol–water partition coefficient (Wildman–Crippen LogP) is 2.70. The number of carbonyl (C=O) groups is 2. The van der Waals surface area contributed by atoms with Crippen molar-refractivity contribution >= 4 is 11.9 Å². The van der Waals surface area contributed by atoms with Crippen LogP contribution in [-0.2, 0) is 20.9 Å². The molecule has 5 heteroatoms. The van der Waals surface area contributed by atoms with Crippen molar-refractivity contribution in [2.24, 2.45) is 11.3 Å². The van der Waals surface area contributed by atoms with Crippen LogP contribution in [0.5, 0.6) is 0 Å². The summed E-state index contributed by atoms with van der Waals surface area (Å²) in [6.45, 7) is 3.16. The van der Waals surface area contributed by atoms with E-state index in [0.29, 0.717) is 19.1 Å². The van der Waals surface area contributed by atoms with Gasteiger partial charge in [-0.15, -0.1) is 0 Å². The van der Waals surface area contributed by atoms with Crippen LogP contribution in [0.1, 0.15) is 38.2 Å². The van der Waals surface area contributed by atoms with Gasteiger partial charge in [-0.2, -0.15) is 0 Å². The summed E-state index contributed by atoms with van der Waals surface area (Å²) in [4.78, 5) is 25.7. The monoisotopic (exact) mass is 331 g/mol. The van der Waals surface area contributed by atoms with E-state index in [1.54, 1.807) is 0 Å². The highest BCUT2D eigenvalue weighted by Crippen LogP contribution is 2.47. The maximum absolute atomic E-state index is 12.6. The minimum absolute atomic E-state index is 0.00473. The number of hydrogen-bond acceptors (Lipinski definition) is 3. The molecule has 1 aliphatic carbocycles. The van der Waals surface area contributed by atoms with Gasteiger partial charge in [0, 0.05) is 6.54 Å². The SMILES string of the molecule is CC1CCC2(CC1)CN([C@@H](COCc1ccccc1)C(=O)O)C2=O. The molecule has 1 spiro atoms. The molecule has 1 saturated heterocycles. The van der Waals surface area contributed by atoms with Gasteiger partial charge in [0.15, 0.2) is 6.04 Å². The normalized spacial score (nSPS) is 27.8. The summed E-state index contributed by atoms with van der Waals surface area (Å²) < 4.78 is 5.57. The molecule has 1 amide bonds. The first kappa shape index (κ1) is 17.0. The Bertz CT molecular complexity index is 593. The van der Waals surface area contributed by atoms with E-state index in [-0.39, 0.29) is 17.9 Å². The molecule has 130 valence electrons. The number of carbonyl (C=O) groups excluding carboxylic acids is 1. The number of ether oxygens (including phenoxy) is 1. The van der Waals surface area contributed by atoms with Crippen molar-refractivity contribution in [3.05, 3.63) is 35.9 Å².